The summed E-state index contributed by atoms with van der Waals surface area (Å²) in [5.74, 6) is -0.572. The van der Waals surface area contributed by atoms with E-state index in [0.29, 0.717) is 0 Å². The maximum Gasteiger partial charge on any atom is 0.202 e. The van der Waals surface area contributed by atoms with Crippen molar-refractivity contribution in [1.29, 1.82) is 0 Å². The zero-order chi connectivity index (χ0) is 11.6. The Bertz CT molecular complexity index is 462. The van der Waals surface area contributed by atoms with E-state index in [2.05, 4.69) is 0 Å². The Labute approximate surface area is 94.0 Å². The second-order valence-electron chi connectivity index (χ2n) is 3.28. The predicted molar refractivity (Wildman–Crippen MR) is 58.7 cm³/mol. The van der Waals surface area contributed by atoms with Crippen molar-refractivity contribution in [2.75, 3.05) is 0 Å². The van der Waals surface area contributed by atoms with E-state index in [1.54, 1.807) is 12.1 Å². The molecule has 0 aromatic heterocycles. The normalized spacial score (nSPS) is 13.5. The molecule has 1 aromatic rings. The van der Waals surface area contributed by atoms with Crippen molar-refractivity contribution in [3.05, 3.63) is 29.8 Å². The highest BCUT2D eigenvalue weighted by Gasteiger charge is 2.28. The van der Waals surface area contributed by atoms with Crippen LogP contribution >= 0.6 is 11.6 Å². The van der Waals surface area contributed by atoms with E-state index in [9.17, 15) is 13.2 Å². The highest BCUT2D eigenvalue weighted by molar-refractivity contribution is 7.94. The average molecular weight is 247 g/mol. The average Bonchev–Trinajstić information content (AvgIpc) is 2.17. The van der Waals surface area contributed by atoms with Crippen LogP contribution in [0.3, 0.4) is 0 Å². The van der Waals surface area contributed by atoms with Crippen molar-refractivity contribution >= 4 is 27.2 Å². The van der Waals surface area contributed by atoms with Crippen LogP contribution in [0.1, 0.15) is 12.5 Å². The van der Waals surface area contributed by atoms with Gasteiger partial charge in [0.2, 0.25) is 9.84 Å². The van der Waals surface area contributed by atoms with Crippen molar-refractivity contribution in [1.82, 2.24) is 0 Å². The maximum atomic E-state index is 11.7. The van der Waals surface area contributed by atoms with Gasteiger partial charge in [-0.2, -0.15) is 0 Å². The van der Waals surface area contributed by atoms with E-state index in [1.807, 2.05) is 6.92 Å². The molecule has 0 aliphatic heterocycles. The second-order valence-corrected chi connectivity index (χ2v) is 6.01. The minimum Gasteiger partial charge on any atom is -0.297 e. The van der Waals surface area contributed by atoms with Crippen molar-refractivity contribution < 1.29 is 13.2 Å². The van der Waals surface area contributed by atoms with Crippen molar-refractivity contribution in [3.8, 4) is 0 Å². The number of hydrogen-bond donors (Lipinski definition) is 0. The second kappa shape index (κ2) is 4.33. The van der Waals surface area contributed by atoms with Crippen LogP contribution in [0.5, 0.6) is 0 Å². The number of Topliss-reactive ketones (excluding diaryl/α,β-unsaturated/α-hetero) is 1. The van der Waals surface area contributed by atoms with Crippen LogP contribution in [0.15, 0.2) is 29.2 Å². The smallest absolute Gasteiger partial charge is 0.202 e. The first-order chi connectivity index (χ1) is 6.85. The first-order valence-corrected chi connectivity index (χ1v) is 6.29. The lowest BCUT2D eigenvalue weighted by atomic mass is 10.2. The molecule has 82 valence electrons. The summed E-state index contributed by atoms with van der Waals surface area (Å²) in [6.45, 7) is 3.00. The van der Waals surface area contributed by atoms with Crippen LogP contribution in [-0.4, -0.2) is 18.9 Å². The topological polar surface area (TPSA) is 51.2 Å². The van der Waals surface area contributed by atoms with Crippen molar-refractivity contribution in [2.24, 2.45) is 0 Å². The van der Waals surface area contributed by atoms with Crippen LogP contribution in [0.4, 0.5) is 0 Å². The predicted octanol–water partition coefficient (Wildman–Crippen LogP) is 1.92. The number of sulfone groups is 1. The Morgan fingerprint density at radius 3 is 2.13 bits per heavy atom. The molecule has 0 aliphatic rings. The first-order valence-electron chi connectivity index (χ1n) is 4.31. The van der Waals surface area contributed by atoms with Gasteiger partial charge < -0.3 is 0 Å². The summed E-state index contributed by atoms with van der Waals surface area (Å²) >= 11 is 5.54. The summed E-state index contributed by atoms with van der Waals surface area (Å²) < 4.78 is 22.0. The third kappa shape index (κ3) is 2.58. The van der Waals surface area contributed by atoms with Gasteiger partial charge in [-0.15, -0.1) is 0 Å². The molecule has 0 bridgehead atoms. The number of carbonyl (C=O) groups excluding carboxylic acids is 1. The Morgan fingerprint density at radius 1 is 1.27 bits per heavy atom. The third-order valence-electron chi connectivity index (χ3n) is 1.94. The number of rotatable bonds is 3. The molecule has 3 nitrogen and oxygen atoms in total. The number of halogens is 1. The third-order valence-corrected chi connectivity index (χ3v) is 4.76. The summed E-state index contributed by atoms with van der Waals surface area (Å²) in [7, 11) is -3.74. The number of ketones is 1. The van der Waals surface area contributed by atoms with Crippen molar-refractivity contribution in [2.45, 2.75) is 23.5 Å². The van der Waals surface area contributed by atoms with E-state index in [0.717, 1.165) is 12.5 Å². The molecular formula is C10H11ClO3S. The lowest BCUT2D eigenvalue weighted by Gasteiger charge is -2.07. The number of alkyl halides is 1. The Morgan fingerprint density at radius 2 is 1.73 bits per heavy atom. The number of hydrogen-bond acceptors (Lipinski definition) is 3. The largest absolute Gasteiger partial charge is 0.297 e. The van der Waals surface area contributed by atoms with E-state index >= 15 is 0 Å². The minimum atomic E-state index is -3.74. The zero-order valence-electron chi connectivity index (χ0n) is 8.40. The molecule has 5 heteroatoms. The fourth-order valence-corrected chi connectivity index (χ4v) is 2.57. The Hall–Kier alpha value is -0.870. The molecule has 0 radical (unpaired) electrons. The first kappa shape index (κ1) is 12.2. The standard InChI is InChI=1S/C10H11ClO3S/c1-7-3-5-9(6-4-7)15(13,14)10(11)8(2)12/h3-6,10H,1-2H3. The summed E-state index contributed by atoms with van der Waals surface area (Å²) in [5, 5.41) is 0. The fourth-order valence-electron chi connectivity index (χ4n) is 1.07. The Kier molecular flexibility index (Phi) is 3.52. The molecule has 1 rings (SSSR count). The maximum absolute atomic E-state index is 11.7. The molecule has 1 unspecified atom stereocenters. The monoisotopic (exact) mass is 246 g/mol. The SMILES string of the molecule is CC(=O)C(Cl)S(=O)(=O)c1ccc(C)cc1. The quantitative estimate of drug-likeness (QED) is 0.766. The van der Waals surface area contributed by atoms with Gasteiger partial charge in [0, 0.05) is 0 Å². The van der Waals surface area contributed by atoms with Gasteiger partial charge in [0.25, 0.3) is 0 Å². The van der Waals surface area contributed by atoms with Crippen LogP contribution in [0.25, 0.3) is 0 Å². The van der Waals surface area contributed by atoms with Gasteiger partial charge in [0.05, 0.1) is 4.90 Å². The highest BCUT2D eigenvalue weighted by Crippen LogP contribution is 2.19. The number of aryl methyl sites for hydroxylation is 1. The summed E-state index contributed by atoms with van der Waals surface area (Å²) in [6.07, 6.45) is 0. The number of carbonyl (C=O) groups is 1. The molecule has 1 atom stereocenters. The van der Waals surface area contributed by atoms with Gasteiger partial charge in [-0.1, -0.05) is 29.3 Å². The molecule has 0 heterocycles. The summed E-state index contributed by atoms with van der Waals surface area (Å²) in [4.78, 5) is 11.0. The van der Waals surface area contributed by atoms with E-state index in [1.165, 1.54) is 12.1 Å². The van der Waals surface area contributed by atoms with Gasteiger partial charge in [-0.25, -0.2) is 8.42 Å². The molecule has 0 saturated heterocycles. The Balaban J connectivity index is 3.17. The van der Waals surface area contributed by atoms with Gasteiger partial charge in [-0.3, -0.25) is 4.79 Å². The zero-order valence-corrected chi connectivity index (χ0v) is 9.97. The molecule has 0 amide bonds. The van der Waals surface area contributed by atoms with E-state index < -0.39 is 20.3 Å². The molecule has 0 saturated carbocycles. The minimum absolute atomic E-state index is 0.0725. The molecule has 0 N–H and O–H groups in total. The van der Waals surface area contributed by atoms with Gasteiger partial charge in [0.1, 0.15) is 0 Å². The fraction of sp³-hybridized carbons (Fsp3) is 0.300. The molecule has 15 heavy (non-hydrogen) atoms. The van der Waals surface area contributed by atoms with Crippen LogP contribution in [0, 0.1) is 6.92 Å². The van der Waals surface area contributed by atoms with Gasteiger partial charge in [0.15, 0.2) is 10.5 Å². The molecular weight excluding hydrogens is 236 g/mol. The lowest BCUT2D eigenvalue weighted by molar-refractivity contribution is -0.115. The van der Waals surface area contributed by atoms with Crippen LogP contribution in [0.2, 0.25) is 0 Å². The van der Waals surface area contributed by atoms with Gasteiger partial charge in [-0.05, 0) is 26.0 Å². The molecule has 0 fully saturated rings. The summed E-state index contributed by atoms with van der Waals surface area (Å²) in [6, 6.07) is 6.22. The van der Waals surface area contributed by atoms with E-state index in [-0.39, 0.29) is 4.90 Å². The van der Waals surface area contributed by atoms with Gasteiger partial charge >= 0.3 is 0 Å². The molecule has 0 aliphatic carbocycles. The van der Waals surface area contributed by atoms with Crippen LogP contribution < -0.4 is 0 Å². The summed E-state index contributed by atoms with van der Waals surface area (Å²) in [5.41, 5.74) is 0.947. The lowest BCUT2D eigenvalue weighted by Crippen LogP contribution is -2.22. The highest BCUT2D eigenvalue weighted by atomic mass is 35.5. The molecule has 1 aromatic carbocycles. The van der Waals surface area contributed by atoms with E-state index in [4.69, 9.17) is 11.6 Å². The molecule has 0 spiro atoms. The number of benzene rings is 1. The van der Waals surface area contributed by atoms with Crippen molar-refractivity contribution in [3.63, 3.8) is 0 Å². The van der Waals surface area contributed by atoms with Crippen LogP contribution in [-0.2, 0) is 14.6 Å².